The first-order chi connectivity index (χ1) is 15.5. The molecule has 1 saturated heterocycles. The van der Waals surface area contributed by atoms with Crippen LogP contribution in [0.25, 0.3) is 0 Å². The SMILES string of the molecule is COc1ccc(OC)c(NC(=O)C2CCN(C(=O)[C@@H]3Sc4ccccc4NC3=O)CC2)c1. The average molecular weight is 456 g/mol. The molecule has 0 radical (unpaired) electrons. The Labute approximate surface area is 190 Å². The molecule has 8 nitrogen and oxygen atoms in total. The lowest BCUT2D eigenvalue weighted by atomic mass is 9.95. The van der Waals surface area contributed by atoms with Gasteiger partial charge in [-0.2, -0.15) is 0 Å². The summed E-state index contributed by atoms with van der Waals surface area (Å²) in [5, 5.41) is 4.92. The summed E-state index contributed by atoms with van der Waals surface area (Å²) in [5.74, 6) is 0.295. The van der Waals surface area contributed by atoms with Crippen molar-refractivity contribution >= 4 is 40.9 Å². The summed E-state index contributed by atoms with van der Waals surface area (Å²) >= 11 is 1.28. The highest BCUT2D eigenvalue weighted by molar-refractivity contribution is 8.01. The number of anilines is 2. The van der Waals surface area contributed by atoms with Crippen LogP contribution in [0, 0.1) is 5.92 Å². The number of carbonyl (C=O) groups excluding carboxylic acids is 3. The minimum absolute atomic E-state index is 0.123. The lowest BCUT2D eigenvalue weighted by Crippen LogP contribution is -2.48. The van der Waals surface area contributed by atoms with E-state index in [9.17, 15) is 14.4 Å². The smallest absolute Gasteiger partial charge is 0.247 e. The van der Waals surface area contributed by atoms with Gasteiger partial charge in [0.15, 0.2) is 5.25 Å². The predicted octanol–water partition coefficient (Wildman–Crippen LogP) is 2.99. The molecule has 1 atom stereocenters. The Hall–Kier alpha value is -3.20. The van der Waals surface area contributed by atoms with Crippen LogP contribution in [0.2, 0.25) is 0 Å². The average Bonchev–Trinajstić information content (AvgIpc) is 2.83. The van der Waals surface area contributed by atoms with Crippen LogP contribution in [0.5, 0.6) is 11.5 Å². The van der Waals surface area contributed by atoms with Gasteiger partial charge in [0.25, 0.3) is 0 Å². The number of hydrogen-bond donors (Lipinski definition) is 2. The summed E-state index contributed by atoms with van der Waals surface area (Å²) in [6.45, 7) is 0.857. The van der Waals surface area contributed by atoms with Gasteiger partial charge in [-0.1, -0.05) is 12.1 Å². The maximum Gasteiger partial charge on any atom is 0.247 e. The van der Waals surface area contributed by atoms with Gasteiger partial charge >= 0.3 is 0 Å². The van der Waals surface area contributed by atoms with Gasteiger partial charge < -0.3 is 25.0 Å². The van der Waals surface area contributed by atoms with Gasteiger partial charge in [-0.15, -0.1) is 11.8 Å². The minimum Gasteiger partial charge on any atom is -0.497 e. The molecule has 0 saturated carbocycles. The second-order valence-electron chi connectivity index (χ2n) is 7.64. The first kappa shape index (κ1) is 22.0. The number of nitrogens with zero attached hydrogens (tertiary/aromatic N) is 1. The molecule has 4 rings (SSSR count). The topological polar surface area (TPSA) is 97.0 Å². The summed E-state index contributed by atoms with van der Waals surface area (Å²) in [4.78, 5) is 40.9. The van der Waals surface area contributed by atoms with Gasteiger partial charge in [0.1, 0.15) is 11.5 Å². The molecule has 0 unspecified atom stereocenters. The largest absolute Gasteiger partial charge is 0.497 e. The van der Waals surface area contributed by atoms with E-state index in [1.807, 2.05) is 24.3 Å². The third-order valence-electron chi connectivity index (χ3n) is 5.69. The Bertz CT molecular complexity index is 1040. The molecule has 2 N–H and O–H groups in total. The highest BCUT2D eigenvalue weighted by Gasteiger charge is 2.37. The van der Waals surface area contributed by atoms with Crippen molar-refractivity contribution in [3.8, 4) is 11.5 Å². The van der Waals surface area contributed by atoms with Crippen LogP contribution >= 0.6 is 11.8 Å². The third-order valence-corrected chi connectivity index (χ3v) is 6.96. The van der Waals surface area contributed by atoms with E-state index in [1.165, 1.54) is 11.8 Å². The molecule has 0 aliphatic carbocycles. The number of nitrogens with one attached hydrogen (secondary N) is 2. The third kappa shape index (κ3) is 4.52. The Morgan fingerprint density at radius 2 is 1.84 bits per heavy atom. The van der Waals surface area contributed by atoms with Gasteiger partial charge in [-0.05, 0) is 37.1 Å². The second-order valence-corrected chi connectivity index (χ2v) is 8.79. The predicted molar refractivity (Wildman–Crippen MR) is 122 cm³/mol. The van der Waals surface area contributed by atoms with Crippen LogP contribution < -0.4 is 20.1 Å². The Kier molecular flexibility index (Phi) is 6.55. The molecule has 2 aliphatic heterocycles. The Morgan fingerprint density at radius 3 is 2.56 bits per heavy atom. The maximum atomic E-state index is 13.0. The molecular formula is C23H25N3O5S. The fourth-order valence-electron chi connectivity index (χ4n) is 3.89. The molecule has 1 fully saturated rings. The summed E-state index contributed by atoms with van der Waals surface area (Å²) in [5.41, 5.74) is 1.28. The summed E-state index contributed by atoms with van der Waals surface area (Å²) in [7, 11) is 3.10. The highest BCUT2D eigenvalue weighted by Crippen LogP contribution is 2.37. The molecular weight excluding hydrogens is 430 g/mol. The van der Waals surface area contributed by atoms with Crippen molar-refractivity contribution < 1.29 is 23.9 Å². The maximum absolute atomic E-state index is 13.0. The number of para-hydroxylation sites is 1. The number of amides is 3. The molecule has 2 heterocycles. The van der Waals surface area contributed by atoms with Crippen LogP contribution in [0.15, 0.2) is 47.4 Å². The quantitative estimate of drug-likeness (QED) is 0.673. The molecule has 0 aromatic heterocycles. The zero-order valence-electron chi connectivity index (χ0n) is 17.9. The molecule has 9 heteroatoms. The molecule has 0 bridgehead atoms. The van der Waals surface area contributed by atoms with Gasteiger partial charge in [0.2, 0.25) is 17.7 Å². The fourth-order valence-corrected chi connectivity index (χ4v) is 4.96. The Balaban J connectivity index is 1.36. The number of likely N-dealkylation sites (tertiary alicyclic amines) is 1. The number of ether oxygens (including phenoxy) is 2. The van der Waals surface area contributed by atoms with Crippen molar-refractivity contribution in [2.45, 2.75) is 23.0 Å². The van der Waals surface area contributed by atoms with Crippen molar-refractivity contribution in [1.29, 1.82) is 0 Å². The molecule has 2 aromatic rings. The molecule has 168 valence electrons. The lowest BCUT2D eigenvalue weighted by molar-refractivity contribution is -0.136. The summed E-state index contributed by atoms with van der Waals surface area (Å²) in [6.07, 6.45) is 1.05. The summed E-state index contributed by atoms with van der Waals surface area (Å²) in [6, 6.07) is 12.7. The number of hydrogen-bond acceptors (Lipinski definition) is 6. The van der Waals surface area contributed by atoms with Gasteiger partial charge in [0.05, 0.1) is 25.6 Å². The zero-order chi connectivity index (χ0) is 22.7. The summed E-state index contributed by atoms with van der Waals surface area (Å²) < 4.78 is 10.5. The molecule has 2 aliphatic rings. The van der Waals surface area contributed by atoms with Crippen molar-refractivity contribution in [2.24, 2.45) is 5.92 Å². The number of thioether (sulfide) groups is 1. The van der Waals surface area contributed by atoms with E-state index in [-0.39, 0.29) is 23.6 Å². The van der Waals surface area contributed by atoms with Crippen LogP contribution in [-0.2, 0) is 14.4 Å². The van der Waals surface area contributed by atoms with Crippen molar-refractivity contribution in [3.63, 3.8) is 0 Å². The molecule has 0 spiro atoms. The van der Waals surface area contributed by atoms with Crippen LogP contribution in [0.3, 0.4) is 0 Å². The van der Waals surface area contributed by atoms with E-state index in [4.69, 9.17) is 9.47 Å². The number of piperidine rings is 1. The van der Waals surface area contributed by atoms with Crippen molar-refractivity contribution in [2.75, 3.05) is 37.9 Å². The Morgan fingerprint density at radius 1 is 1.09 bits per heavy atom. The second kappa shape index (κ2) is 9.52. The van der Waals surface area contributed by atoms with Gasteiger partial charge in [-0.3, -0.25) is 14.4 Å². The van der Waals surface area contributed by atoms with E-state index < -0.39 is 5.25 Å². The number of benzene rings is 2. The first-order valence-electron chi connectivity index (χ1n) is 10.4. The highest BCUT2D eigenvalue weighted by atomic mass is 32.2. The van der Waals surface area contributed by atoms with Crippen molar-refractivity contribution in [3.05, 3.63) is 42.5 Å². The zero-order valence-corrected chi connectivity index (χ0v) is 18.7. The van der Waals surface area contributed by atoms with Crippen LogP contribution in [0.1, 0.15) is 12.8 Å². The number of rotatable bonds is 5. The lowest BCUT2D eigenvalue weighted by Gasteiger charge is -2.34. The molecule has 2 aromatic carbocycles. The van der Waals surface area contributed by atoms with Crippen LogP contribution in [0.4, 0.5) is 11.4 Å². The van der Waals surface area contributed by atoms with E-state index in [2.05, 4.69) is 10.6 Å². The van der Waals surface area contributed by atoms with Gasteiger partial charge in [-0.25, -0.2) is 0 Å². The van der Waals surface area contributed by atoms with Gasteiger partial charge in [0, 0.05) is 30.0 Å². The minimum atomic E-state index is -0.809. The van der Waals surface area contributed by atoms with E-state index in [0.29, 0.717) is 43.1 Å². The normalized spacial score (nSPS) is 18.4. The standard InChI is InChI=1S/C23H25N3O5S/c1-30-15-7-8-18(31-2)17(13-15)25-21(27)14-9-11-26(12-10-14)23(29)20-22(28)24-16-5-3-4-6-19(16)32-20/h3-8,13-14,20H,9-12H2,1-2H3,(H,24,28)(H,25,27)/t20-/m1/s1. The van der Waals surface area contributed by atoms with Crippen molar-refractivity contribution in [1.82, 2.24) is 4.90 Å². The van der Waals surface area contributed by atoms with E-state index >= 15 is 0 Å². The first-order valence-corrected chi connectivity index (χ1v) is 11.3. The number of carbonyl (C=O) groups is 3. The molecule has 3 amide bonds. The monoisotopic (exact) mass is 455 g/mol. The molecule has 32 heavy (non-hydrogen) atoms. The van der Waals surface area contributed by atoms with Crippen LogP contribution in [-0.4, -0.2) is 55.2 Å². The fraction of sp³-hybridized carbons (Fsp3) is 0.348. The van der Waals surface area contributed by atoms with E-state index in [0.717, 1.165) is 10.6 Å². The number of fused-ring (bicyclic) bond motifs is 1. The van der Waals surface area contributed by atoms with E-state index in [1.54, 1.807) is 37.3 Å². The number of methoxy groups -OCH3 is 2.